The first-order valence-corrected chi connectivity index (χ1v) is 12.4. The van der Waals surface area contributed by atoms with Crippen molar-refractivity contribution in [2.24, 2.45) is 0 Å². The molecular weight excluding hydrogens is 406 g/mol. The number of rotatable bonds is 5. The van der Waals surface area contributed by atoms with Gasteiger partial charge in [-0.1, -0.05) is 60.6 Å². The van der Waals surface area contributed by atoms with Crippen LogP contribution in [0.25, 0.3) is 0 Å². The fraction of sp³-hybridized carbons (Fsp3) is 0.586. The lowest BCUT2D eigenvalue weighted by atomic mass is 9.77. The highest BCUT2D eigenvalue weighted by atomic mass is 16.3. The standard InChI is InChI=1S/C29H45N3O/c1-10-31-15-17-32(18-16-31)26(21-11-13-23(14-12-21)30(8)9)22-19-24(28(2,3)4)27(33)25(20-22)29(5,6)7/h11-14,19-20,26,33H,10,15-18H2,1-9H3/t26-/m0/s1. The maximum absolute atomic E-state index is 11.3. The number of hydrogen-bond acceptors (Lipinski definition) is 4. The molecule has 0 unspecified atom stereocenters. The van der Waals surface area contributed by atoms with Crippen LogP contribution in [0.3, 0.4) is 0 Å². The molecule has 0 saturated carbocycles. The molecule has 0 spiro atoms. The third kappa shape index (κ3) is 5.73. The van der Waals surface area contributed by atoms with Crippen molar-refractivity contribution in [3.05, 3.63) is 58.7 Å². The van der Waals surface area contributed by atoms with Crippen LogP contribution in [0, 0.1) is 0 Å². The number of nitrogens with zero attached hydrogens (tertiary/aromatic N) is 3. The highest BCUT2D eigenvalue weighted by Crippen LogP contribution is 2.43. The minimum Gasteiger partial charge on any atom is -0.507 e. The van der Waals surface area contributed by atoms with E-state index in [9.17, 15) is 5.11 Å². The van der Waals surface area contributed by atoms with Crippen LogP contribution in [0.5, 0.6) is 5.75 Å². The Balaban J connectivity index is 2.17. The molecule has 1 aliphatic heterocycles. The van der Waals surface area contributed by atoms with Crippen molar-refractivity contribution in [3.8, 4) is 5.75 Å². The maximum Gasteiger partial charge on any atom is 0.123 e. The lowest BCUT2D eigenvalue weighted by Crippen LogP contribution is -2.47. The molecule has 1 saturated heterocycles. The van der Waals surface area contributed by atoms with Gasteiger partial charge in [-0.3, -0.25) is 4.90 Å². The molecule has 33 heavy (non-hydrogen) atoms. The van der Waals surface area contributed by atoms with Crippen molar-refractivity contribution >= 4 is 5.69 Å². The van der Waals surface area contributed by atoms with E-state index >= 15 is 0 Å². The molecule has 0 radical (unpaired) electrons. The zero-order valence-electron chi connectivity index (χ0n) is 22.4. The minimum absolute atomic E-state index is 0.139. The minimum atomic E-state index is -0.139. The Bertz CT molecular complexity index is 892. The van der Waals surface area contributed by atoms with E-state index in [0.29, 0.717) is 5.75 Å². The first kappa shape index (κ1) is 25.6. The summed E-state index contributed by atoms with van der Waals surface area (Å²) in [6.07, 6.45) is 0. The van der Waals surface area contributed by atoms with Gasteiger partial charge < -0.3 is 14.9 Å². The third-order valence-electron chi connectivity index (χ3n) is 7.01. The fourth-order valence-electron chi connectivity index (χ4n) is 4.86. The SMILES string of the molecule is CCN1CCN([C@@H](c2ccc(N(C)C)cc2)c2cc(C(C)(C)C)c(O)c(C(C)(C)C)c2)CC1. The van der Waals surface area contributed by atoms with Crippen LogP contribution in [0.2, 0.25) is 0 Å². The van der Waals surface area contributed by atoms with Crippen molar-refractivity contribution < 1.29 is 5.11 Å². The molecule has 3 rings (SSSR count). The zero-order valence-corrected chi connectivity index (χ0v) is 22.4. The predicted molar refractivity (Wildman–Crippen MR) is 142 cm³/mol. The summed E-state index contributed by atoms with van der Waals surface area (Å²) >= 11 is 0. The van der Waals surface area contributed by atoms with Crippen LogP contribution in [-0.4, -0.2) is 61.7 Å². The second-order valence-electron chi connectivity index (χ2n) is 11.8. The summed E-state index contributed by atoms with van der Waals surface area (Å²) in [5.74, 6) is 0.455. The monoisotopic (exact) mass is 451 g/mol. The van der Waals surface area contributed by atoms with Gasteiger partial charge in [0, 0.05) is 46.0 Å². The molecular formula is C29H45N3O. The van der Waals surface area contributed by atoms with Crippen molar-refractivity contribution in [3.63, 3.8) is 0 Å². The topological polar surface area (TPSA) is 30.0 Å². The Morgan fingerprint density at radius 2 is 1.30 bits per heavy atom. The second kappa shape index (κ2) is 9.68. The number of phenols is 1. The Kier molecular flexibility index (Phi) is 7.50. The molecule has 2 aromatic rings. The van der Waals surface area contributed by atoms with Crippen molar-refractivity contribution in [2.75, 3.05) is 51.7 Å². The quantitative estimate of drug-likeness (QED) is 0.624. The molecule has 1 heterocycles. The first-order chi connectivity index (χ1) is 15.3. The normalized spacial score (nSPS) is 17.2. The Labute approximate surface area is 202 Å². The summed E-state index contributed by atoms with van der Waals surface area (Å²) in [7, 11) is 4.17. The van der Waals surface area contributed by atoms with Gasteiger partial charge in [-0.15, -0.1) is 0 Å². The number of anilines is 1. The summed E-state index contributed by atoms with van der Waals surface area (Å²) in [4.78, 5) is 7.30. The van der Waals surface area contributed by atoms with Crippen LogP contribution < -0.4 is 4.90 Å². The molecule has 1 fully saturated rings. The highest BCUT2D eigenvalue weighted by Gasteiger charge is 2.31. The van der Waals surface area contributed by atoms with E-state index in [1.54, 1.807) is 0 Å². The summed E-state index contributed by atoms with van der Waals surface area (Å²) in [6, 6.07) is 13.7. The lowest BCUT2D eigenvalue weighted by Gasteiger charge is -2.40. The van der Waals surface area contributed by atoms with Gasteiger partial charge in [-0.05, 0) is 63.9 Å². The number of hydrogen-bond donors (Lipinski definition) is 1. The highest BCUT2D eigenvalue weighted by molar-refractivity contribution is 5.53. The first-order valence-electron chi connectivity index (χ1n) is 12.4. The van der Waals surface area contributed by atoms with E-state index in [4.69, 9.17) is 0 Å². The van der Waals surface area contributed by atoms with E-state index in [2.05, 4.69) is 114 Å². The molecule has 4 nitrogen and oxygen atoms in total. The number of piperazine rings is 1. The molecule has 1 N–H and O–H groups in total. The predicted octanol–water partition coefficient (Wildman–Crippen LogP) is 5.78. The Morgan fingerprint density at radius 1 is 0.818 bits per heavy atom. The average Bonchev–Trinajstić information content (AvgIpc) is 2.74. The smallest absolute Gasteiger partial charge is 0.123 e. The van der Waals surface area contributed by atoms with Crippen LogP contribution in [0.15, 0.2) is 36.4 Å². The molecule has 1 aliphatic rings. The van der Waals surface area contributed by atoms with Crippen molar-refractivity contribution in [1.29, 1.82) is 0 Å². The van der Waals surface area contributed by atoms with Crippen LogP contribution >= 0.6 is 0 Å². The van der Waals surface area contributed by atoms with Gasteiger partial charge in [0.05, 0.1) is 6.04 Å². The maximum atomic E-state index is 11.3. The number of aromatic hydroxyl groups is 1. The van der Waals surface area contributed by atoms with Crippen molar-refractivity contribution in [1.82, 2.24) is 9.80 Å². The van der Waals surface area contributed by atoms with E-state index in [1.807, 2.05) is 0 Å². The third-order valence-corrected chi connectivity index (χ3v) is 7.01. The molecule has 0 aliphatic carbocycles. The van der Waals surface area contributed by atoms with E-state index in [-0.39, 0.29) is 16.9 Å². The van der Waals surface area contributed by atoms with Crippen molar-refractivity contribution in [2.45, 2.75) is 65.3 Å². The largest absolute Gasteiger partial charge is 0.507 e. The van der Waals surface area contributed by atoms with Gasteiger partial charge in [-0.25, -0.2) is 0 Å². The average molecular weight is 452 g/mol. The van der Waals surface area contributed by atoms with Gasteiger partial charge in [0.25, 0.3) is 0 Å². The van der Waals surface area contributed by atoms with E-state index in [1.165, 1.54) is 16.8 Å². The van der Waals surface area contributed by atoms with Crippen LogP contribution in [-0.2, 0) is 10.8 Å². The summed E-state index contributed by atoms with van der Waals surface area (Å²) in [5, 5.41) is 11.3. The Hall–Kier alpha value is -2.04. The van der Waals surface area contributed by atoms with Gasteiger partial charge in [0.15, 0.2) is 0 Å². The molecule has 0 bridgehead atoms. The lowest BCUT2D eigenvalue weighted by molar-refractivity contribution is 0.113. The molecule has 0 aromatic heterocycles. The van der Waals surface area contributed by atoms with Gasteiger partial charge >= 0.3 is 0 Å². The Morgan fingerprint density at radius 3 is 1.70 bits per heavy atom. The summed E-state index contributed by atoms with van der Waals surface area (Å²) in [6.45, 7) is 20.8. The number of benzene rings is 2. The van der Waals surface area contributed by atoms with Gasteiger partial charge in [0.2, 0.25) is 0 Å². The zero-order chi connectivity index (χ0) is 24.6. The summed E-state index contributed by atoms with van der Waals surface area (Å²) < 4.78 is 0. The molecule has 1 atom stereocenters. The molecule has 2 aromatic carbocycles. The van der Waals surface area contributed by atoms with E-state index in [0.717, 1.165) is 43.9 Å². The fourth-order valence-corrected chi connectivity index (χ4v) is 4.86. The second-order valence-corrected chi connectivity index (χ2v) is 11.8. The van der Waals surface area contributed by atoms with Gasteiger partial charge in [-0.2, -0.15) is 0 Å². The van der Waals surface area contributed by atoms with Gasteiger partial charge in [0.1, 0.15) is 5.75 Å². The van der Waals surface area contributed by atoms with Crippen LogP contribution in [0.1, 0.15) is 76.8 Å². The molecule has 0 amide bonds. The molecule has 4 heteroatoms. The van der Waals surface area contributed by atoms with E-state index < -0.39 is 0 Å². The van der Waals surface area contributed by atoms with Crippen LogP contribution in [0.4, 0.5) is 5.69 Å². The number of phenolic OH excluding ortho intramolecular Hbond substituents is 1. The number of likely N-dealkylation sites (N-methyl/N-ethyl adjacent to an activating group) is 1. The summed E-state index contributed by atoms with van der Waals surface area (Å²) in [5.41, 5.74) is 5.60. The molecule has 182 valence electrons.